The minimum atomic E-state index is -0.777. The van der Waals surface area contributed by atoms with Gasteiger partial charge < -0.3 is 10.3 Å². The van der Waals surface area contributed by atoms with E-state index in [9.17, 15) is 14.4 Å². The molecule has 6 nitrogen and oxygen atoms in total. The van der Waals surface area contributed by atoms with Gasteiger partial charge in [-0.3, -0.25) is 19.0 Å². The number of fused-ring (bicyclic) bond motifs is 1. The fraction of sp³-hybridized carbons (Fsp3) is 0.167. The van der Waals surface area contributed by atoms with Crippen LogP contribution in [0.25, 0.3) is 11.0 Å². The molecular formula is C18H16ClN3O3. The smallest absolute Gasteiger partial charge is 0.317 e. The van der Waals surface area contributed by atoms with Gasteiger partial charge in [-0.2, -0.15) is 0 Å². The van der Waals surface area contributed by atoms with Crippen LogP contribution < -0.4 is 16.4 Å². The number of anilines is 1. The minimum absolute atomic E-state index is 0.285. The number of carbonyl (C=O) groups excluding carboxylic acids is 1. The highest BCUT2D eigenvalue weighted by Crippen LogP contribution is 2.27. The van der Waals surface area contributed by atoms with Crippen molar-refractivity contribution in [3.63, 3.8) is 0 Å². The molecule has 0 unspecified atom stereocenters. The second-order valence-electron chi connectivity index (χ2n) is 5.85. The Morgan fingerprint density at radius 3 is 2.64 bits per heavy atom. The molecule has 0 aliphatic carbocycles. The lowest BCUT2D eigenvalue weighted by Gasteiger charge is -2.13. The van der Waals surface area contributed by atoms with Crippen molar-refractivity contribution in [1.82, 2.24) is 9.55 Å². The molecule has 3 rings (SSSR count). The van der Waals surface area contributed by atoms with Crippen molar-refractivity contribution in [2.45, 2.75) is 20.4 Å². The first-order valence-corrected chi connectivity index (χ1v) is 8.03. The molecule has 1 heterocycles. The zero-order valence-corrected chi connectivity index (χ0v) is 14.5. The van der Waals surface area contributed by atoms with Crippen LogP contribution in [-0.4, -0.2) is 15.5 Å². The number of amides is 1. The van der Waals surface area contributed by atoms with Gasteiger partial charge >= 0.3 is 11.1 Å². The average molecular weight is 358 g/mol. The molecule has 0 aliphatic rings. The Morgan fingerprint density at radius 2 is 1.92 bits per heavy atom. The van der Waals surface area contributed by atoms with Crippen molar-refractivity contribution >= 4 is 34.2 Å². The Morgan fingerprint density at radius 1 is 1.20 bits per heavy atom. The minimum Gasteiger partial charge on any atom is -0.323 e. The number of nitrogens with one attached hydrogen (secondary N) is 2. The number of rotatable bonds is 3. The fourth-order valence-corrected chi connectivity index (χ4v) is 3.14. The lowest BCUT2D eigenvalue weighted by molar-refractivity contribution is -0.116. The summed E-state index contributed by atoms with van der Waals surface area (Å²) in [5, 5.41) is 3.15. The quantitative estimate of drug-likeness (QED) is 0.707. The number of H-pyrrole nitrogens is 1. The monoisotopic (exact) mass is 357 g/mol. The van der Waals surface area contributed by atoms with E-state index < -0.39 is 17.0 Å². The maximum atomic E-state index is 12.4. The zero-order chi connectivity index (χ0) is 18.1. The Balaban J connectivity index is 1.97. The van der Waals surface area contributed by atoms with Crippen LogP contribution in [0.4, 0.5) is 5.69 Å². The molecule has 0 bridgehead atoms. The van der Waals surface area contributed by atoms with E-state index in [1.807, 2.05) is 19.9 Å². The molecule has 0 saturated carbocycles. The molecule has 0 spiro atoms. The van der Waals surface area contributed by atoms with Gasteiger partial charge in [0, 0.05) is 0 Å². The number of nitrogens with zero attached hydrogens (tertiary/aromatic N) is 1. The van der Waals surface area contributed by atoms with Crippen LogP contribution in [0.2, 0.25) is 5.02 Å². The summed E-state index contributed by atoms with van der Waals surface area (Å²) in [5.74, 6) is -0.438. The van der Waals surface area contributed by atoms with Gasteiger partial charge in [0.05, 0.1) is 21.7 Å². The highest BCUT2D eigenvalue weighted by molar-refractivity contribution is 6.34. The van der Waals surface area contributed by atoms with Gasteiger partial charge in [-0.05, 0) is 43.2 Å². The van der Waals surface area contributed by atoms with Crippen molar-refractivity contribution in [3.05, 3.63) is 73.3 Å². The van der Waals surface area contributed by atoms with Crippen molar-refractivity contribution in [3.8, 4) is 0 Å². The number of aromatic nitrogens is 2. The Bertz CT molecular complexity index is 1080. The predicted molar refractivity (Wildman–Crippen MR) is 98.4 cm³/mol. The van der Waals surface area contributed by atoms with E-state index in [-0.39, 0.29) is 6.54 Å². The molecular weight excluding hydrogens is 342 g/mol. The van der Waals surface area contributed by atoms with Crippen LogP contribution in [0.1, 0.15) is 11.1 Å². The van der Waals surface area contributed by atoms with Crippen LogP contribution in [0.15, 0.2) is 46.0 Å². The fourth-order valence-electron chi connectivity index (χ4n) is 2.78. The number of benzene rings is 2. The van der Waals surface area contributed by atoms with E-state index in [0.717, 1.165) is 15.7 Å². The van der Waals surface area contributed by atoms with Crippen molar-refractivity contribution in [1.29, 1.82) is 0 Å². The molecule has 128 valence electrons. The van der Waals surface area contributed by atoms with Gasteiger partial charge in [0.25, 0.3) is 0 Å². The van der Waals surface area contributed by atoms with Crippen molar-refractivity contribution < 1.29 is 4.79 Å². The van der Waals surface area contributed by atoms with Gasteiger partial charge in [0.15, 0.2) is 0 Å². The number of para-hydroxylation sites is 2. The number of hydrogen-bond donors (Lipinski definition) is 2. The van der Waals surface area contributed by atoms with Gasteiger partial charge in [-0.1, -0.05) is 29.8 Å². The first-order chi connectivity index (χ1) is 11.9. The Labute approximate surface area is 148 Å². The van der Waals surface area contributed by atoms with Crippen LogP contribution in [0.5, 0.6) is 0 Å². The number of halogens is 1. The number of aromatic amines is 1. The number of carbonyl (C=O) groups is 1. The van der Waals surface area contributed by atoms with E-state index in [2.05, 4.69) is 10.3 Å². The van der Waals surface area contributed by atoms with Crippen molar-refractivity contribution in [2.24, 2.45) is 0 Å². The third-order valence-corrected chi connectivity index (χ3v) is 4.18. The summed E-state index contributed by atoms with van der Waals surface area (Å²) in [7, 11) is 0. The summed E-state index contributed by atoms with van der Waals surface area (Å²) >= 11 is 6.20. The van der Waals surface area contributed by atoms with Gasteiger partial charge in [-0.25, -0.2) is 0 Å². The Hall–Kier alpha value is -2.86. The topological polar surface area (TPSA) is 84.0 Å². The second-order valence-corrected chi connectivity index (χ2v) is 6.26. The molecule has 1 aromatic heterocycles. The number of hydrogen-bond acceptors (Lipinski definition) is 3. The second kappa shape index (κ2) is 6.57. The molecule has 1 amide bonds. The van der Waals surface area contributed by atoms with E-state index in [1.165, 1.54) is 0 Å². The molecule has 3 aromatic rings. The molecule has 2 aromatic carbocycles. The van der Waals surface area contributed by atoms with Crippen LogP contribution in [0, 0.1) is 13.8 Å². The summed E-state index contributed by atoms with van der Waals surface area (Å²) in [5.41, 5.74) is 1.73. The molecule has 7 heteroatoms. The molecule has 25 heavy (non-hydrogen) atoms. The normalized spacial score (nSPS) is 10.8. The standard InChI is InChI=1S/C18H16ClN3O3/c1-10-7-11(2)16(12(19)8-10)21-15(23)9-22-14-6-4-3-5-13(14)20-17(24)18(22)25/h3-8H,9H2,1-2H3,(H,20,24)(H,21,23). The lowest BCUT2D eigenvalue weighted by atomic mass is 10.1. The highest BCUT2D eigenvalue weighted by atomic mass is 35.5. The summed E-state index contributed by atoms with van der Waals surface area (Å²) < 4.78 is 1.15. The summed E-state index contributed by atoms with van der Waals surface area (Å²) in [6.07, 6.45) is 0. The molecule has 2 N–H and O–H groups in total. The lowest BCUT2D eigenvalue weighted by Crippen LogP contribution is -2.38. The van der Waals surface area contributed by atoms with Gasteiger partial charge in [-0.15, -0.1) is 0 Å². The Kier molecular flexibility index (Phi) is 4.46. The maximum Gasteiger partial charge on any atom is 0.317 e. The third kappa shape index (κ3) is 3.34. The van der Waals surface area contributed by atoms with Crippen LogP contribution in [-0.2, 0) is 11.3 Å². The van der Waals surface area contributed by atoms with Crippen molar-refractivity contribution in [2.75, 3.05) is 5.32 Å². The first-order valence-electron chi connectivity index (χ1n) is 7.65. The summed E-state index contributed by atoms with van der Waals surface area (Å²) in [6.45, 7) is 3.46. The van der Waals surface area contributed by atoms with Gasteiger partial charge in [0.1, 0.15) is 6.54 Å². The molecule has 0 atom stereocenters. The average Bonchev–Trinajstić information content (AvgIpc) is 2.55. The van der Waals surface area contributed by atoms with E-state index in [0.29, 0.717) is 21.7 Å². The molecule has 0 saturated heterocycles. The largest absolute Gasteiger partial charge is 0.323 e. The molecule has 0 aliphatic heterocycles. The summed E-state index contributed by atoms with van der Waals surface area (Å²) in [6, 6.07) is 10.5. The van der Waals surface area contributed by atoms with E-state index in [4.69, 9.17) is 11.6 Å². The van der Waals surface area contributed by atoms with Crippen LogP contribution in [0.3, 0.4) is 0 Å². The zero-order valence-electron chi connectivity index (χ0n) is 13.7. The number of aryl methyl sites for hydroxylation is 2. The van der Waals surface area contributed by atoms with Gasteiger partial charge in [0.2, 0.25) is 5.91 Å². The third-order valence-electron chi connectivity index (χ3n) is 3.88. The summed E-state index contributed by atoms with van der Waals surface area (Å²) in [4.78, 5) is 38.9. The highest BCUT2D eigenvalue weighted by Gasteiger charge is 2.14. The van der Waals surface area contributed by atoms with E-state index in [1.54, 1.807) is 30.3 Å². The maximum absolute atomic E-state index is 12.4. The molecule has 0 fully saturated rings. The predicted octanol–water partition coefficient (Wildman–Crippen LogP) is 2.60. The SMILES string of the molecule is Cc1cc(C)c(NC(=O)Cn2c(=O)c(=O)[nH]c3ccccc32)c(Cl)c1. The molecule has 0 radical (unpaired) electrons. The van der Waals surface area contributed by atoms with E-state index >= 15 is 0 Å². The first kappa shape index (κ1) is 17.0. The van der Waals surface area contributed by atoms with Crippen LogP contribution >= 0.6 is 11.6 Å².